The van der Waals surface area contributed by atoms with Crippen molar-refractivity contribution in [3.63, 3.8) is 0 Å². The van der Waals surface area contributed by atoms with Gasteiger partial charge in [0.05, 0.1) is 5.69 Å². The Balaban J connectivity index is 2.01. The van der Waals surface area contributed by atoms with Crippen molar-refractivity contribution in [1.29, 1.82) is 0 Å². The molecule has 2 aromatic carbocycles. The molecule has 102 valence electrons. The average molecular weight is 381 g/mol. The number of hydrogen-bond donors (Lipinski definition) is 3. The standard InChI is InChI=1S/C14H12IN3O2/c15-11-3-1-2-4-12(11)18-14(20)17-10-7-5-9(6-8-10)13(16)19/h1-8H,(H2,16,19)(H2,17,18,20). The first-order valence-electron chi connectivity index (χ1n) is 5.78. The van der Waals surface area contributed by atoms with Crippen molar-refractivity contribution in [3.05, 3.63) is 57.7 Å². The Morgan fingerprint density at radius 1 is 0.950 bits per heavy atom. The molecule has 2 rings (SSSR count). The number of primary amides is 1. The molecule has 5 nitrogen and oxygen atoms in total. The third-order valence-electron chi connectivity index (χ3n) is 2.55. The summed E-state index contributed by atoms with van der Waals surface area (Å²) in [6.45, 7) is 0. The summed E-state index contributed by atoms with van der Waals surface area (Å²) >= 11 is 2.14. The van der Waals surface area contributed by atoms with Gasteiger partial charge in [0.1, 0.15) is 0 Å². The predicted molar refractivity (Wildman–Crippen MR) is 86.8 cm³/mol. The topological polar surface area (TPSA) is 84.2 Å². The second-order valence-corrected chi connectivity index (χ2v) is 5.16. The van der Waals surface area contributed by atoms with Crippen LogP contribution in [-0.2, 0) is 0 Å². The fraction of sp³-hybridized carbons (Fsp3) is 0. The molecule has 2 aromatic rings. The van der Waals surface area contributed by atoms with Crippen molar-refractivity contribution in [2.24, 2.45) is 5.73 Å². The molecule has 0 aliphatic heterocycles. The van der Waals surface area contributed by atoms with Crippen LogP contribution >= 0.6 is 22.6 Å². The first-order chi connectivity index (χ1) is 9.56. The van der Waals surface area contributed by atoms with Gasteiger partial charge in [0, 0.05) is 14.8 Å². The van der Waals surface area contributed by atoms with Gasteiger partial charge in [-0.25, -0.2) is 4.79 Å². The van der Waals surface area contributed by atoms with Gasteiger partial charge in [0.25, 0.3) is 0 Å². The zero-order chi connectivity index (χ0) is 14.5. The Morgan fingerprint density at radius 3 is 2.20 bits per heavy atom. The van der Waals surface area contributed by atoms with Crippen molar-refractivity contribution < 1.29 is 9.59 Å². The number of urea groups is 1. The Bertz CT molecular complexity index is 641. The molecule has 0 atom stereocenters. The largest absolute Gasteiger partial charge is 0.366 e. The van der Waals surface area contributed by atoms with Crippen LogP contribution < -0.4 is 16.4 Å². The summed E-state index contributed by atoms with van der Waals surface area (Å²) in [5, 5.41) is 5.43. The maximum absolute atomic E-state index is 11.8. The quantitative estimate of drug-likeness (QED) is 0.715. The van der Waals surface area contributed by atoms with Crippen molar-refractivity contribution >= 4 is 45.9 Å². The van der Waals surface area contributed by atoms with Crippen molar-refractivity contribution in [2.45, 2.75) is 0 Å². The lowest BCUT2D eigenvalue weighted by molar-refractivity contribution is 0.100. The zero-order valence-corrected chi connectivity index (χ0v) is 12.5. The third-order valence-corrected chi connectivity index (χ3v) is 3.49. The van der Waals surface area contributed by atoms with E-state index in [1.165, 1.54) is 0 Å². The van der Waals surface area contributed by atoms with E-state index in [1.807, 2.05) is 24.3 Å². The number of para-hydroxylation sites is 1. The fourth-order valence-corrected chi connectivity index (χ4v) is 2.09. The van der Waals surface area contributed by atoms with E-state index >= 15 is 0 Å². The summed E-state index contributed by atoms with van der Waals surface area (Å²) in [5.41, 5.74) is 6.86. The monoisotopic (exact) mass is 381 g/mol. The van der Waals surface area contributed by atoms with Crippen LogP contribution in [0.1, 0.15) is 10.4 Å². The van der Waals surface area contributed by atoms with Gasteiger partial charge in [-0.1, -0.05) is 12.1 Å². The second kappa shape index (κ2) is 6.38. The molecule has 0 fully saturated rings. The van der Waals surface area contributed by atoms with Crippen LogP contribution in [0.2, 0.25) is 0 Å². The molecule has 0 spiro atoms. The van der Waals surface area contributed by atoms with Crippen molar-refractivity contribution in [2.75, 3.05) is 10.6 Å². The third kappa shape index (κ3) is 3.70. The summed E-state index contributed by atoms with van der Waals surface area (Å²) in [6.07, 6.45) is 0. The molecule has 0 heterocycles. The number of halogens is 1. The van der Waals surface area contributed by atoms with E-state index in [2.05, 4.69) is 33.2 Å². The van der Waals surface area contributed by atoms with E-state index in [4.69, 9.17) is 5.73 Å². The predicted octanol–water partition coefficient (Wildman–Crippen LogP) is 3.03. The highest BCUT2D eigenvalue weighted by Gasteiger charge is 2.05. The summed E-state index contributed by atoms with van der Waals surface area (Å²) in [5.74, 6) is -0.500. The molecule has 4 N–H and O–H groups in total. The minimum absolute atomic E-state index is 0.346. The molecule has 0 radical (unpaired) electrons. The number of amides is 3. The van der Waals surface area contributed by atoms with Crippen LogP contribution in [0.15, 0.2) is 48.5 Å². The number of carbonyl (C=O) groups excluding carboxylic acids is 2. The number of carbonyl (C=O) groups is 2. The normalized spacial score (nSPS) is 9.85. The number of hydrogen-bond acceptors (Lipinski definition) is 2. The Labute approximate surface area is 129 Å². The summed E-state index contributed by atoms with van der Waals surface area (Å²) in [6, 6.07) is 13.5. The number of benzene rings is 2. The Morgan fingerprint density at radius 2 is 1.60 bits per heavy atom. The number of nitrogens with two attached hydrogens (primary N) is 1. The van der Waals surface area contributed by atoms with Crippen LogP contribution in [0.5, 0.6) is 0 Å². The molecule has 6 heteroatoms. The summed E-state index contributed by atoms with van der Waals surface area (Å²) in [4.78, 5) is 22.8. The molecule has 20 heavy (non-hydrogen) atoms. The lowest BCUT2D eigenvalue weighted by Crippen LogP contribution is -2.20. The molecule has 0 saturated heterocycles. The lowest BCUT2D eigenvalue weighted by Gasteiger charge is -2.09. The first kappa shape index (κ1) is 14.3. The zero-order valence-electron chi connectivity index (χ0n) is 10.4. The highest BCUT2D eigenvalue weighted by atomic mass is 127. The van der Waals surface area contributed by atoms with E-state index in [0.29, 0.717) is 11.3 Å². The van der Waals surface area contributed by atoms with Gasteiger partial charge in [-0.3, -0.25) is 4.79 Å². The maximum atomic E-state index is 11.8. The van der Waals surface area contributed by atoms with Gasteiger partial charge in [-0.2, -0.15) is 0 Å². The van der Waals surface area contributed by atoms with Gasteiger partial charge in [-0.05, 0) is 59.0 Å². The smallest absolute Gasteiger partial charge is 0.323 e. The van der Waals surface area contributed by atoms with Gasteiger partial charge in [-0.15, -0.1) is 0 Å². The van der Waals surface area contributed by atoms with E-state index in [1.54, 1.807) is 24.3 Å². The van der Waals surface area contributed by atoms with Gasteiger partial charge in [0.2, 0.25) is 5.91 Å². The van der Waals surface area contributed by atoms with Crippen LogP contribution in [0, 0.1) is 3.57 Å². The van der Waals surface area contributed by atoms with Gasteiger partial charge in [0.15, 0.2) is 0 Å². The van der Waals surface area contributed by atoms with Crippen molar-refractivity contribution in [1.82, 2.24) is 0 Å². The summed E-state index contributed by atoms with van der Waals surface area (Å²) < 4.78 is 0.948. The lowest BCUT2D eigenvalue weighted by atomic mass is 10.2. The van der Waals surface area contributed by atoms with Crippen molar-refractivity contribution in [3.8, 4) is 0 Å². The molecule has 0 aliphatic rings. The van der Waals surface area contributed by atoms with Crippen LogP contribution in [0.3, 0.4) is 0 Å². The number of anilines is 2. The molecular formula is C14H12IN3O2. The number of nitrogens with one attached hydrogen (secondary N) is 2. The highest BCUT2D eigenvalue weighted by molar-refractivity contribution is 14.1. The number of rotatable bonds is 3. The molecular weight excluding hydrogens is 369 g/mol. The highest BCUT2D eigenvalue weighted by Crippen LogP contribution is 2.17. The van der Waals surface area contributed by atoms with Gasteiger partial charge >= 0.3 is 6.03 Å². The second-order valence-electron chi connectivity index (χ2n) is 4.00. The Hall–Kier alpha value is -2.09. The van der Waals surface area contributed by atoms with E-state index in [-0.39, 0.29) is 6.03 Å². The molecule has 3 amide bonds. The average Bonchev–Trinajstić information content (AvgIpc) is 2.42. The molecule has 0 aromatic heterocycles. The minimum Gasteiger partial charge on any atom is -0.366 e. The molecule has 0 bridgehead atoms. The molecule has 0 aliphatic carbocycles. The SMILES string of the molecule is NC(=O)c1ccc(NC(=O)Nc2ccccc2I)cc1. The fourth-order valence-electron chi connectivity index (χ4n) is 1.57. The van der Waals surface area contributed by atoms with E-state index in [9.17, 15) is 9.59 Å². The Kier molecular flexibility index (Phi) is 4.57. The van der Waals surface area contributed by atoms with Crippen LogP contribution in [0.25, 0.3) is 0 Å². The first-order valence-corrected chi connectivity index (χ1v) is 6.86. The molecule has 0 saturated carbocycles. The maximum Gasteiger partial charge on any atom is 0.323 e. The van der Waals surface area contributed by atoms with Gasteiger partial charge < -0.3 is 16.4 Å². The van der Waals surface area contributed by atoms with E-state index < -0.39 is 5.91 Å². The van der Waals surface area contributed by atoms with Crippen LogP contribution in [0.4, 0.5) is 16.2 Å². The summed E-state index contributed by atoms with van der Waals surface area (Å²) in [7, 11) is 0. The molecule has 0 unspecified atom stereocenters. The van der Waals surface area contributed by atoms with Crippen LogP contribution in [-0.4, -0.2) is 11.9 Å². The minimum atomic E-state index is -0.500. The van der Waals surface area contributed by atoms with E-state index in [0.717, 1.165) is 9.26 Å².